The number of anilines is 2. The van der Waals surface area contributed by atoms with E-state index in [1.54, 1.807) is 0 Å². The second-order valence-electron chi connectivity index (χ2n) is 12.4. The molecule has 3 aromatic carbocycles. The lowest BCUT2D eigenvalue weighted by molar-refractivity contribution is -0.112. The van der Waals surface area contributed by atoms with Gasteiger partial charge >= 0.3 is 0 Å². The number of benzene rings is 3. The minimum absolute atomic E-state index is 0. The Kier molecular flexibility index (Phi) is 16.8. The SMILES string of the molecule is CCCCN1CCC(C(=O)Nc2ccc(CN(C)C3CCOCC3)cc2)=Cc2cc(-c3ccc(OCCOCCC)cc3)ccc21.Cl.Cl. The fourth-order valence-corrected chi connectivity index (χ4v) is 6.19. The number of fused-ring (bicyclic) bond motifs is 1. The van der Waals surface area contributed by atoms with Crippen molar-refractivity contribution in [2.24, 2.45) is 0 Å². The molecule has 3 aromatic rings. The zero-order chi connectivity index (χ0) is 32.1. The van der Waals surface area contributed by atoms with E-state index in [4.69, 9.17) is 14.2 Å². The molecule has 1 amide bonds. The first-order valence-electron chi connectivity index (χ1n) is 17.1. The highest BCUT2D eigenvalue weighted by Crippen LogP contribution is 2.33. The van der Waals surface area contributed by atoms with Gasteiger partial charge in [-0.05, 0) is 104 Å². The molecule has 1 fully saturated rings. The van der Waals surface area contributed by atoms with Gasteiger partial charge in [-0.25, -0.2) is 0 Å². The van der Waals surface area contributed by atoms with Crippen LogP contribution in [-0.2, 0) is 20.8 Å². The Bertz CT molecular complexity index is 1430. The van der Waals surface area contributed by atoms with Gasteiger partial charge in [0, 0.05) is 62.4 Å². The second-order valence-corrected chi connectivity index (χ2v) is 12.4. The summed E-state index contributed by atoms with van der Waals surface area (Å²) in [5.74, 6) is 0.799. The van der Waals surface area contributed by atoms with Crippen molar-refractivity contribution in [3.8, 4) is 16.9 Å². The van der Waals surface area contributed by atoms with Crippen molar-refractivity contribution in [2.45, 2.75) is 65.0 Å². The molecule has 48 heavy (non-hydrogen) atoms. The lowest BCUT2D eigenvalue weighted by Gasteiger charge is -2.31. The largest absolute Gasteiger partial charge is 0.491 e. The van der Waals surface area contributed by atoms with E-state index in [-0.39, 0.29) is 30.7 Å². The van der Waals surface area contributed by atoms with Crippen LogP contribution in [0.2, 0.25) is 0 Å². The van der Waals surface area contributed by atoms with Gasteiger partial charge in [-0.2, -0.15) is 0 Å². The molecule has 1 saturated heterocycles. The number of amides is 1. The minimum Gasteiger partial charge on any atom is -0.491 e. The second kappa shape index (κ2) is 20.4. The average Bonchev–Trinajstić information content (AvgIpc) is 3.28. The first-order valence-corrected chi connectivity index (χ1v) is 17.1. The predicted octanol–water partition coefficient (Wildman–Crippen LogP) is 8.65. The molecule has 0 radical (unpaired) electrons. The molecular weight excluding hydrogens is 645 g/mol. The molecule has 0 unspecified atom stereocenters. The molecule has 2 aliphatic heterocycles. The van der Waals surface area contributed by atoms with Crippen molar-refractivity contribution < 1.29 is 19.0 Å². The van der Waals surface area contributed by atoms with Crippen molar-refractivity contribution in [1.29, 1.82) is 0 Å². The van der Waals surface area contributed by atoms with Gasteiger partial charge < -0.3 is 24.4 Å². The van der Waals surface area contributed by atoms with Crippen molar-refractivity contribution in [2.75, 3.05) is 63.4 Å². The van der Waals surface area contributed by atoms with Gasteiger partial charge in [0.2, 0.25) is 0 Å². The Morgan fingerprint density at radius 1 is 0.917 bits per heavy atom. The van der Waals surface area contributed by atoms with E-state index in [9.17, 15) is 4.79 Å². The van der Waals surface area contributed by atoms with Crippen molar-refractivity contribution in [1.82, 2.24) is 4.90 Å². The minimum atomic E-state index is -0.0369. The van der Waals surface area contributed by atoms with E-state index in [1.165, 1.54) is 11.3 Å². The van der Waals surface area contributed by atoms with Gasteiger partial charge in [0.1, 0.15) is 12.4 Å². The summed E-state index contributed by atoms with van der Waals surface area (Å²) in [5.41, 5.74) is 7.36. The number of carbonyl (C=O) groups excluding carboxylic acids is 1. The third kappa shape index (κ3) is 11.2. The number of hydrogen-bond donors (Lipinski definition) is 1. The maximum absolute atomic E-state index is 13.6. The molecule has 1 N–H and O–H groups in total. The summed E-state index contributed by atoms with van der Waals surface area (Å²) in [7, 11) is 2.19. The predicted molar refractivity (Wildman–Crippen MR) is 203 cm³/mol. The molecule has 0 aromatic heterocycles. The van der Waals surface area contributed by atoms with Crippen LogP contribution in [0.4, 0.5) is 11.4 Å². The Morgan fingerprint density at radius 3 is 2.35 bits per heavy atom. The normalized spacial score (nSPS) is 14.7. The van der Waals surface area contributed by atoms with Crippen molar-refractivity contribution in [3.63, 3.8) is 0 Å². The Hall–Kier alpha value is -3.07. The number of halogens is 2. The number of carbonyl (C=O) groups is 1. The molecule has 9 heteroatoms. The van der Waals surface area contributed by atoms with E-state index < -0.39 is 0 Å². The summed E-state index contributed by atoms with van der Waals surface area (Å²) >= 11 is 0. The van der Waals surface area contributed by atoms with E-state index in [0.717, 1.165) is 105 Å². The van der Waals surface area contributed by atoms with Crippen LogP contribution in [0.25, 0.3) is 17.2 Å². The summed E-state index contributed by atoms with van der Waals surface area (Å²) < 4.78 is 16.9. The molecule has 0 aliphatic carbocycles. The molecule has 2 aliphatic rings. The van der Waals surface area contributed by atoms with Crippen LogP contribution in [0, 0.1) is 0 Å². The molecular formula is C39H53Cl2N3O4. The van der Waals surface area contributed by atoms with Crippen LogP contribution in [0.3, 0.4) is 0 Å². The number of hydrogen-bond acceptors (Lipinski definition) is 6. The fraction of sp³-hybridized carbons (Fsp3) is 0.462. The number of unbranched alkanes of at least 4 members (excludes halogenated alkanes) is 1. The number of ether oxygens (including phenoxy) is 3. The highest BCUT2D eigenvalue weighted by molar-refractivity contribution is 6.07. The van der Waals surface area contributed by atoms with Crippen molar-refractivity contribution in [3.05, 3.63) is 83.4 Å². The summed E-state index contributed by atoms with van der Waals surface area (Å²) in [6.45, 7) is 10.6. The summed E-state index contributed by atoms with van der Waals surface area (Å²) in [6.07, 6.45) is 8.20. The van der Waals surface area contributed by atoms with Crippen LogP contribution in [-0.4, -0.2) is 70.0 Å². The first kappa shape index (κ1) is 39.4. The average molecular weight is 699 g/mol. The van der Waals surface area contributed by atoms with Gasteiger partial charge in [-0.1, -0.05) is 50.6 Å². The first-order chi connectivity index (χ1) is 22.5. The van der Waals surface area contributed by atoms with E-state index in [1.807, 2.05) is 24.3 Å². The number of nitrogens with zero attached hydrogens (tertiary/aromatic N) is 2. The van der Waals surface area contributed by atoms with Crippen LogP contribution < -0.4 is 15.0 Å². The molecule has 0 atom stereocenters. The summed E-state index contributed by atoms with van der Waals surface area (Å²) in [5, 5.41) is 3.17. The Balaban J connectivity index is 0.00000312. The van der Waals surface area contributed by atoms with Gasteiger partial charge in [-0.15, -0.1) is 24.8 Å². The molecule has 262 valence electrons. The molecule has 0 spiro atoms. The zero-order valence-corrected chi connectivity index (χ0v) is 30.4. The van der Waals surface area contributed by atoms with Crippen LogP contribution >= 0.6 is 24.8 Å². The van der Waals surface area contributed by atoms with E-state index in [0.29, 0.717) is 25.7 Å². The van der Waals surface area contributed by atoms with Gasteiger partial charge in [0.15, 0.2) is 0 Å². The maximum Gasteiger partial charge on any atom is 0.251 e. The standard InChI is InChI=1S/C39H51N3O4.2ClH/c1-4-6-20-42-21-17-33(39(43)40-35-12-7-30(8-13-35)29-41(3)36-18-23-45-24-19-36)28-34-27-32(11-16-38(34)42)31-9-14-37(15-10-31)46-26-25-44-22-5-2;;/h7-16,27-28,36H,4-6,17-26,29H2,1-3H3,(H,40,43);2*1H. The summed E-state index contributed by atoms with van der Waals surface area (Å²) in [4.78, 5) is 18.5. The topological polar surface area (TPSA) is 63.3 Å². The number of rotatable bonds is 15. The lowest BCUT2D eigenvalue weighted by atomic mass is 10.00. The fourth-order valence-electron chi connectivity index (χ4n) is 6.19. The van der Waals surface area contributed by atoms with Gasteiger partial charge in [0.05, 0.1) is 6.61 Å². The third-order valence-electron chi connectivity index (χ3n) is 8.91. The summed E-state index contributed by atoms with van der Waals surface area (Å²) in [6, 6.07) is 23.7. The Morgan fingerprint density at radius 2 is 1.65 bits per heavy atom. The van der Waals surface area contributed by atoms with E-state index >= 15 is 0 Å². The van der Waals surface area contributed by atoms with Crippen LogP contribution in [0.1, 0.15) is 63.5 Å². The molecule has 5 rings (SSSR count). The van der Waals surface area contributed by atoms with Gasteiger partial charge in [0.25, 0.3) is 5.91 Å². The van der Waals surface area contributed by atoms with Gasteiger partial charge in [-0.3, -0.25) is 9.69 Å². The third-order valence-corrected chi connectivity index (χ3v) is 8.91. The van der Waals surface area contributed by atoms with Crippen LogP contribution in [0.15, 0.2) is 72.3 Å². The molecule has 2 heterocycles. The molecule has 7 nitrogen and oxygen atoms in total. The lowest BCUT2D eigenvalue weighted by Crippen LogP contribution is -2.36. The maximum atomic E-state index is 13.6. The molecule has 0 saturated carbocycles. The van der Waals surface area contributed by atoms with Crippen LogP contribution in [0.5, 0.6) is 5.75 Å². The molecule has 0 bridgehead atoms. The Labute approximate surface area is 299 Å². The zero-order valence-electron chi connectivity index (χ0n) is 28.7. The highest BCUT2D eigenvalue weighted by atomic mass is 35.5. The monoisotopic (exact) mass is 697 g/mol. The van der Waals surface area contributed by atoms with Crippen molar-refractivity contribution >= 4 is 48.2 Å². The number of nitrogens with one attached hydrogen (secondary N) is 1. The van der Waals surface area contributed by atoms with E-state index in [2.05, 4.69) is 84.6 Å². The quantitative estimate of drug-likeness (QED) is 0.160. The highest BCUT2D eigenvalue weighted by Gasteiger charge is 2.21. The smallest absolute Gasteiger partial charge is 0.251 e.